The van der Waals surface area contributed by atoms with Crippen molar-refractivity contribution in [1.82, 2.24) is 14.5 Å². The first-order valence-corrected chi connectivity index (χ1v) is 10.3. The summed E-state index contributed by atoms with van der Waals surface area (Å²) in [7, 11) is 0. The van der Waals surface area contributed by atoms with E-state index in [1.54, 1.807) is 22.0 Å². The Morgan fingerprint density at radius 1 is 1.30 bits per heavy atom. The van der Waals surface area contributed by atoms with Gasteiger partial charge in [0, 0.05) is 24.0 Å². The summed E-state index contributed by atoms with van der Waals surface area (Å²) in [4.78, 5) is 20.8. The summed E-state index contributed by atoms with van der Waals surface area (Å²) in [6.07, 6.45) is 1.61. The van der Waals surface area contributed by atoms with E-state index in [-0.39, 0.29) is 5.91 Å². The van der Waals surface area contributed by atoms with Crippen LogP contribution in [0.4, 0.5) is 0 Å². The highest BCUT2D eigenvalue weighted by Crippen LogP contribution is 2.32. The van der Waals surface area contributed by atoms with Crippen LogP contribution in [0, 0.1) is 11.3 Å². The molecule has 7 heteroatoms. The van der Waals surface area contributed by atoms with Crippen LogP contribution in [-0.2, 0) is 6.54 Å². The van der Waals surface area contributed by atoms with Gasteiger partial charge in [0.1, 0.15) is 11.7 Å². The topological polar surface area (TPSA) is 61.9 Å². The van der Waals surface area contributed by atoms with Crippen molar-refractivity contribution in [3.63, 3.8) is 0 Å². The van der Waals surface area contributed by atoms with Crippen molar-refractivity contribution in [3.8, 4) is 6.07 Å². The number of rotatable bonds is 5. The van der Waals surface area contributed by atoms with Crippen LogP contribution in [0.25, 0.3) is 11.0 Å². The molecule has 3 heterocycles. The van der Waals surface area contributed by atoms with Crippen LogP contribution in [0.3, 0.4) is 0 Å². The largest absolute Gasteiger partial charge is 0.295 e. The van der Waals surface area contributed by atoms with E-state index >= 15 is 0 Å². The fourth-order valence-electron chi connectivity index (χ4n) is 3.41. The number of halogens is 1. The standard InChI is InChI=1S/C20H17BrN4OS/c1-2-24(12-14-7-8-18(21)27-14)11-13-9-19(26)25-17-6-4-3-5-16(17)23-20(25)15(13)10-22/h3-9,15H,2,11-12H2,1H3. The van der Waals surface area contributed by atoms with Crippen LogP contribution in [-0.4, -0.2) is 33.4 Å². The van der Waals surface area contributed by atoms with Crippen molar-refractivity contribution >= 4 is 44.2 Å². The number of nitriles is 1. The van der Waals surface area contributed by atoms with Crippen LogP contribution in [0.5, 0.6) is 0 Å². The number of likely N-dealkylation sites (N-methyl/N-ethyl adjacent to an activating group) is 1. The Morgan fingerprint density at radius 3 is 2.81 bits per heavy atom. The van der Waals surface area contributed by atoms with Gasteiger partial charge in [-0.2, -0.15) is 5.26 Å². The fraction of sp³-hybridized carbons (Fsp3) is 0.250. The number of aromatic nitrogens is 2. The monoisotopic (exact) mass is 440 g/mol. The molecule has 0 amide bonds. The number of hydrogen-bond donors (Lipinski definition) is 0. The summed E-state index contributed by atoms with van der Waals surface area (Å²) >= 11 is 5.19. The number of nitrogens with zero attached hydrogens (tertiary/aromatic N) is 4. The van der Waals surface area contributed by atoms with Gasteiger partial charge in [0.2, 0.25) is 0 Å². The van der Waals surface area contributed by atoms with Crippen molar-refractivity contribution in [3.05, 3.63) is 62.5 Å². The molecule has 4 rings (SSSR count). The second-order valence-electron chi connectivity index (χ2n) is 6.42. The second kappa shape index (κ2) is 7.39. The van der Waals surface area contributed by atoms with Crippen molar-refractivity contribution in [2.24, 2.45) is 0 Å². The predicted molar refractivity (Wildman–Crippen MR) is 110 cm³/mol. The van der Waals surface area contributed by atoms with E-state index in [0.29, 0.717) is 12.4 Å². The van der Waals surface area contributed by atoms with Gasteiger partial charge in [-0.15, -0.1) is 11.3 Å². The molecular formula is C20H17BrN4OS. The molecule has 1 aliphatic rings. The van der Waals surface area contributed by atoms with Crippen LogP contribution < -0.4 is 0 Å². The van der Waals surface area contributed by atoms with E-state index in [4.69, 9.17) is 0 Å². The highest BCUT2D eigenvalue weighted by Gasteiger charge is 2.31. The molecule has 0 fully saturated rings. The van der Waals surface area contributed by atoms with Gasteiger partial charge in [-0.3, -0.25) is 14.3 Å². The van der Waals surface area contributed by atoms with Gasteiger partial charge in [0.05, 0.1) is 20.9 Å². The summed E-state index contributed by atoms with van der Waals surface area (Å²) in [5.74, 6) is -0.120. The molecule has 0 radical (unpaired) electrons. The summed E-state index contributed by atoms with van der Waals surface area (Å²) in [6, 6.07) is 14.0. The number of carbonyl (C=O) groups excluding carboxylic acids is 1. The van der Waals surface area contributed by atoms with Gasteiger partial charge in [-0.1, -0.05) is 19.1 Å². The van der Waals surface area contributed by atoms with E-state index in [9.17, 15) is 10.1 Å². The molecule has 1 aromatic carbocycles. The first-order chi connectivity index (χ1) is 13.1. The number of hydrogen-bond acceptors (Lipinski definition) is 5. The summed E-state index contributed by atoms with van der Waals surface area (Å²) in [5.41, 5.74) is 2.30. The number of allylic oxidation sites excluding steroid dienone is 1. The van der Waals surface area contributed by atoms with Gasteiger partial charge in [0.25, 0.3) is 5.91 Å². The third-order valence-electron chi connectivity index (χ3n) is 4.74. The number of benzene rings is 1. The summed E-state index contributed by atoms with van der Waals surface area (Å²) in [6.45, 7) is 4.27. The predicted octanol–water partition coefficient (Wildman–Crippen LogP) is 4.57. The lowest BCUT2D eigenvalue weighted by Crippen LogP contribution is -2.30. The lowest BCUT2D eigenvalue weighted by molar-refractivity contribution is 0.0963. The maximum atomic E-state index is 12.8. The van der Waals surface area contributed by atoms with Crippen molar-refractivity contribution in [2.45, 2.75) is 19.4 Å². The Bertz CT molecular complexity index is 1090. The molecule has 0 N–H and O–H groups in total. The number of thiophene rings is 1. The molecule has 1 aliphatic heterocycles. The number of fused-ring (bicyclic) bond motifs is 3. The van der Waals surface area contributed by atoms with Crippen molar-refractivity contribution in [1.29, 1.82) is 5.26 Å². The van der Waals surface area contributed by atoms with Crippen LogP contribution in [0.2, 0.25) is 0 Å². The van der Waals surface area contributed by atoms with Crippen LogP contribution in [0.1, 0.15) is 28.3 Å². The van der Waals surface area contributed by atoms with Crippen molar-refractivity contribution < 1.29 is 4.79 Å². The average molecular weight is 441 g/mol. The summed E-state index contributed by atoms with van der Waals surface area (Å²) < 4.78 is 2.67. The maximum absolute atomic E-state index is 12.8. The van der Waals surface area contributed by atoms with E-state index < -0.39 is 5.92 Å². The van der Waals surface area contributed by atoms with Gasteiger partial charge in [-0.25, -0.2) is 4.98 Å². The Hall–Kier alpha value is -2.27. The lowest BCUT2D eigenvalue weighted by atomic mass is 9.95. The highest BCUT2D eigenvalue weighted by molar-refractivity contribution is 9.11. The number of para-hydroxylation sites is 2. The Labute approximate surface area is 169 Å². The molecule has 0 saturated heterocycles. The normalized spacial score (nSPS) is 16.4. The molecule has 5 nitrogen and oxygen atoms in total. The zero-order valence-corrected chi connectivity index (χ0v) is 17.1. The third-order valence-corrected chi connectivity index (χ3v) is 6.34. The van der Waals surface area contributed by atoms with Crippen molar-refractivity contribution in [2.75, 3.05) is 13.1 Å². The highest BCUT2D eigenvalue weighted by atomic mass is 79.9. The fourth-order valence-corrected chi connectivity index (χ4v) is 4.94. The zero-order valence-electron chi connectivity index (χ0n) is 14.7. The van der Waals surface area contributed by atoms with E-state index in [1.165, 1.54) is 4.88 Å². The molecule has 0 spiro atoms. The quantitative estimate of drug-likeness (QED) is 0.582. The lowest BCUT2D eigenvalue weighted by Gasteiger charge is -2.26. The van der Waals surface area contributed by atoms with Crippen LogP contribution >= 0.6 is 27.3 Å². The Balaban J connectivity index is 1.65. The van der Waals surface area contributed by atoms with Gasteiger partial charge in [0.15, 0.2) is 0 Å². The average Bonchev–Trinajstić information content (AvgIpc) is 3.24. The molecule has 1 unspecified atom stereocenters. The SMILES string of the molecule is CCN(CC1=CC(=O)n2c(nc3ccccc32)C1C#N)Cc1ccc(Br)s1. The molecule has 136 valence electrons. The molecule has 1 atom stereocenters. The smallest absolute Gasteiger partial charge is 0.256 e. The molecule has 27 heavy (non-hydrogen) atoms. The van der Waals surface area contributed by atoms with E-state index in [1.807, 2.05) is 30.3 Å². The molecule has 0 aliphatic carbocycles. The molecule has 0 saturated carbocycles. The molecule has 0 bridgehead atoms. The molecule has 2 aromatic heterocycles. The van der Waals surface area contributed by atoms with Crippen LogP contribution in [0.15, 0.2) is 51.8 Å². The summed E-state index contributed by atoms with van der Waals surface area (Å²) in [5, 5.41) is 9.82. The minimum absolute atomic E-state index is 0.130. The third kappa shape index (κ3) is 3.36. The Kier molecular flexibility index (Phi) is 4.96. The molecule has 3 aromatic rings. The van der Waals surface area contributed by atoms with E-state index in [0.717, 1.165) is 33.5 Å². The Morgan fingerprint density at radius 2 is 2.11 bits per heavy atom. The maximum Gasteiger partial charge on any atom is 0.256 e. The zero-order chi connectivity index (χ0) is 19.0. The van der Waals surface area contributed by atoms with Gasteiger partial charge in [-0.05, 0) is 52.3 Å². The first kappa shape index (κ1) is 18.1. The minimum atomic E-state index is -0.515. The van der Waals surface area contributed by atoms with Gasteiger partial charge < -0.3 is 0 Å². The minimum Gasteiger partial charge on any atom is -0.295 e. The van der Waals surface area contributed by atoms with Gasteiger partial charge >= 0.3 is 0 Å². The molecular weight excluding hydrogens is 424 g/mol. The van der Waals surface area contributed by atoms with E-state index in [2.05, 4.69) is 44.9 Å². The second-order valence-corrected chi connectivity index (χ2v) is 8.97. The number of imidazole rings is 1. The number of carbonyl (C=O) groups is 1. The first-order valence-electron chi connectivity index (χ1n) is 8.69.